The molecule has 0 atom stereocenters. The third-order valence-corrected chi connectivity index (χ3v) is 3.88. The quantitative estimate of drug-likeness (QED) is 0.875. The Hall–Kier alpha value is -1.27. The van der Waals surface area contributed by atoms with E-state index in [0.29, 0.717) is 17.9 Å². The summed E-state index contributed by atoms with van der Waals surface area (Å²) < 4.78 is 33.7. The zero-order valence-corrected chi connectivity index (χ0v) is 10.3. The average Bonchev–Trinajstić information content (AvgIpc) is 2.61. The van der Waals surface area contributed by atoms with E-state index in [1.807, 2.05) is 6.92 Å². The number of hydrogen-bond acceptors (Lipinski definition) is 5. The first kappa shape index (κ1) is 12.2. The van der Waals surface area contributed by atoms with Crippen LogP contribution in [0.25, 0.3) is 0 Å². The van der Waals surface area contributed by atoms with E-state index in [-0.39, 0.29) is 23.2 Å². The Morgan fingerprint density at radius 2 is 2.24 bits per heavy atom. The van der Waals surface area contributed by atoms with E-state index in [1.54, 1.807) is 0 Å². The third kappa shape index (κ3) is 2.23. The zero-order valence-electron chi connectivity index (χ0n) is 9.47. The molecule has 0 fully saturated rings. The second kappa shape index (κ2) is 4.54. The van der Waals surface area contributed by atoms with Crippen LogP contribution in [0.2, 0.25) is 0 Å². The van der Waals surface area contributed by atoms with Crippen LogP contribution in [-0.4, -0.2) is 26.1 Å². The number of hydrogen-bond donors (Lipinski definition) is 1. The van der Waals surface area contributed by atoms with E-state index in [1.165, 1.54) is 12.1 Å². The predicted molar refractivity (Wildman–Crippen MR) is 60.8 cm³/mol. The van der Waals surface area contributed by atoms with Crippen molar-refractivity contribution in [3.63, 3.8) is 0 Å². The van der Waals surface area contributed by atoms with Gasteiger partial charge >= 0.3 is 0 Å². The number of rotatable bonds is 4. The maximum atomic E-state index is 11.6. The lowest BCUT2D eigenvalue weighted by Gasteiger charge is -2.10. The van der Waals surface area contributed by atoms with Gasteiger partial charge in [0.15, 0.2) is 5.94 Å². The van der Waals surface area contributed by atoms with Gasteiger partial charge in [-0.3, -0.25) is 0 Å². The first-order valence-corrected chi connectivity index (χ1v) is 7.00. The monoisotopic (exact) mass is 258 g/mol. The van der Waals surface area contributed by atoms with Gasteiger partial charge in [0.25, 0.3) is 0 Å². The van der Waals surface area contributed by atoms with Gasteiger partial charge in [-0.15, -0.1) is 0 Å². The second-order valence-electron chi connectivity index (χ2n) is 3.79. The molecule has 1 heterocycles. The van der Waals surface area contributed by atoms with Crippen LogP contribution >= 0.6 is 0 Å². The number of fused-ring (bicyclic) bond motifs is 1. The van der Waals surface area contributed by atoms with Crippen LogP contribution in [0.3, 0.4) is 0 Å². The van der Waals surface area contributed by atoms with Crippen LogP contribution in [0.15, 0.2) is 17.0 Å². The maximum absolute atomic E-state index is 11.6. The summed E-state index contributed by atoms with van der Waals surface area (Å²) in [5.41, 5.74) is 0.536. The Labute approximate surface area is 99.9 Å². The second-order valence-corrected chi connectivity index (χ2v) is 5.70. The fourth-order valence-corrected chi connectivity index (χ4v) is 2.73. The summed E-state index contributed by atoms with van der Waals surface area (Å²) in [5.74, 6) is 0.352. The van der Waals surface area contributed by atoms with Crippen LogP contribution in [-0.2, 0) is 16.4 Å². The molecule has 17 heavy (non-hydrogen) atoms. The van der Waals surface area contributed by atoms with Crippen LogP contribution in [0.4, 0.5) is 0 Å². The molecule has 5 nitrogen and oxygen atoms in total. The van der Waals surface area contributed by atoms with Gasteiger partial charge in [-0.05, 0) is 12.5 Å². The average molecular weight is 258 g/mol. The van der Waals surface area contributed by atoms with E-state index < -0.39 is 9.84 Å². The largest absolute Gasteiger partial charge is 0.493 e. The summed E-state index contributed by atoms with van der Waals surface area (Å²) in [4.78, 5) is 0.140. The van der Waals surface area contributed by atoms with E-state index in [4.69, 9.17) is 9.47 Å². The Morgan fingerprint density at radius 1 is 1.47 bits per heavy atom. The SMILES string of the molecule is CCCOc1cc2c(cc1CO)OCS2(=O)=O. The van der Waals surface area contributed by atoms with E-state index >= 15 is 0 Å². The number of aliphatic hydroxyl groups is 1. The number of benzene rings is 1. The molecule has 0 saturated carbocycles. The van der Waals surface area contributed by atoms with Gasteiger partial charge in [-0.2, -0.15) is 0 Å². The molecule has 1 aliphatic rings. The van der Waals surface area contributed by atoms with Gasteiger partial charge in [-0.1, -0.05) is 6.92 Å². The Morgan fingerprint density at radius 3 is 2.88 bits per heavy atom. The highest BCUT2D eigenvalue weighted by molar-refractivity contribution is 7.91. The molecule has 0 saturated heterocycles. The molecule has 1 aromatic carbocycles. The zero-order chi connectivity index (χ0) is 12.5. The van der Waals surface area contributed by atoms with Gasteiger partial charge in [0, 0.05) is 11.6 Å². The third-order valence-electron chi connectivity index (χ3n) is 2.46. The molecule has 1 aromatic rings. The summed E-state index contributed by atoms with van der Waals surface area (Å²) in [6, 6.07) is 2.95. The fourth-order valence-electron chi connectivity index (χ4n) is 1.61. The normalized spacial score (nSPS) is 16.4. The molecule has 2 rings (SSSR count). The molecule has 0 spiro atoms. The molecular weight excluding hydrogens is 244 g/mol. The minimum atomic E-state index is -3.36. The van der Waals surface area contributed by atoms with Gasteiger partial charge < -0.3 is 14.6 Å². The lowest BCUT2D eigenvalue weighted by Crippen LogP contribution is -2.02. The first-order valence-electron chi connectivity index (χ1n) is 5.34. The molecule has 6 heteroatoms. The van der Waals surface area contributed by atoms with Gasteiger partial charge in [0.05, 0.1) is 13.2 Å². The Balaban J connectivity index is 2.46. The number of aliphatic hydroxyl groups excluding tert-OH is 1. The highest BCUT2D eigenvalue weighted by Crippen LogP contribution is 2.37. The van der Waals surface area contributed by atoms with Crippen molar-refractivity contribution in [2.24, 2.45) is 0 Å². The van der Waals surface area contributed by atoms with Crippen molar-refractivity contribution in [1.29, 1.82) is 0 Å². The summed E-state index contributed by atoms with van der Waals surface area (Å²) in [6.45, 7) is 2.22. The number of sulfone groups is 1. The molecule has 0 amide bonds. The lowest BCUT2D eigenvalue weighted by atomic mass is 10.2. The first-order chi connectivity index (χ1) is 8.08. The highest BCUT2D eigenvalue weighted by atomic mass is 32.2. The van der Waals surface area contributed by atoms with Gasteiger partial charge in [0.1, 0.15) is 16.4 Å². The Kier molecular flexibility index (Phi) is 3.26. The smallest absolute Gasteiger partial charge is 0.217 e. The minimum Gasteiger partial charge on any atom is -0.493 e. The van der Waals surface area contributed by atoms with Gasteiger partial charge in [0.2, 0.25) is 9.84 Å². The molecule has 0 aliphatic carbocycles. The summed E-state index contributed by atoms with van der Waals surface area (Å²) in [6.07, 6.45) is 0.811. The molecule has 0 aromatic heterocycles. The fraction of sp³-hybridized carbons (Fsp3) is 0.455. The topological polar surface area (TPSA) is 72.8 Å². The van der Waals surface area contributed by atoms with Crippen molar-refractivity contribution in [2.75, 3.05) is 12.5 Å². The van der Waals surface area contributed by atoms with Crippen molar-refractivity contribution < 1.29 is 23.0 Å². The van der Waals surface area contributed by atoms with Crippen LogP contribution in [0.1, 0.15) is 18.9 Å². The standard InChI is InChI=1S/C11H14O5S/c1-2-3-15-9-5-11-10(4-8(9)6-12)16-7-17(11,13)14/h4-5,12H,2-3,6-7H2,1H3. The molecule has 94 valence electrons. The van der Waals surface area contributed by atoms with Crippen LogP contribution in [0.5, 0.6) is 11.5 Å². The summed E-state index contributed by atoms with van der Waals surface area (Å²) >= 11 is 0. The van der Waals surface area contributed by atoms with Crippen LogP contribution in [0, 0.1) is 0 Å². The lowest BCUT2D eigenvalue weighted by molar-refractivity contribution is 0.261. The molecule has 1 N–H and O–H groups in total. The molecule has 0 bridgehead atoms. The minimum absolute atomic E-state index is 0.140. The van der Waals surface area contributed by atoms with Crippen molar-refractivity contribution in [3.05, 3.63) is 17.7 Å². The van der Waals surface area contributed by atoms with E-state index in [2.05, 4.69) is 0 Å². The molecule has 0 unspecified atom stereocenters. The van der Waals surface area contributed by atoms with E-state index in [0.717, 1.165) is 6.42 Å². The molecule has 1 aliphatic heterocycles. The number of ether oxygens (including phenoxy) is 2. The molecule has 0 radical (unpaired) electrons. The predicted octanol–water partition coefficient (Wildman–Crippen LogP) is 1.09. The van der Waals surface area contributed by atoms with Crippen molar-refractivity contribution >= 4 is 9.84 Å². The van der Waals surface area contributed by atoms with Crippen molar-refractivity contribution in [3.8, 4) is 11.5 Å². The highest BCUT2D eigenvalue weighted by Gasteiger charge is 2.29. The summed E-state index contributed by atoms with van der Waals surface area (Å²) in [7, 11) is -3.36. The summed E-state index contributed by atoms with van der Waals surface area (Å²) in [5, 5.41) is 9.19. The van der Waals surface area contributed by atoms with E-state index in [9.17, 15) is 13.5 Å². The van der Waals surface area contributed by atoms with Gasteiger partial charge in [-0.25, -0.2) is 8.42 Å². The van der Waals surface area contributed by atoms with Crippen molar-refractivity contribution in [1.82, 2.24) is 0 Å². The maximum Gasteiger partial charge on any atom is 0.217 e. The molecular formula is C11H14O5S. The Bertz CT molecular complexity index is 521. The van der Waals surface area contributed by atoms with Crippen LogP contribution < -0.4 is 9.47 Å². The van der Waals surface area contributed by atoms with Crippen molar-refractivity contribution in [2.45, 2.75) is 24.8 Å².